The van der Waals surface area contributed by atoms with Gasteiger partial charge >= 0.3 is 12.1 Å². The van der Waals surface area contributed by atoms with Crippen LogP contribution in [-0.4, -0.2) is 43.7 Å². The lowest BCUT2D eigenvalue weighted by Crippen LogP contribution is -2.42. The number of carbonyl (C=O) groups is 2. The number of carboxylic acid groups (broad SMARTS) is 1. The quantitative estimate of drug-likeness (QED) is 0.549. The van der Waals surface area contributed by atoms with Gasteiger partial charge in [-0.1, -0.05) is 48.5 Å². The van der Waals surface area contributed by atoms with Crippen LogP contribution in [0.25, 0.3) is 11.1 Å². The Labute approximate surface area is 196 Å². The van der Waals surface area contributed by atoms with Crippen LogP contribution in [0.3, 0.4) is 0 Å². The second-order valence-electron chi connectivity index (χ2n) is 8.10. The number of fused-ring (bicyclic) bond motifs is 4. The summed E-state index contributed by atoms with van der Waals surface area (Å²) in [5, 5.41) is 12.2. The van der Waals surface area contributed by atoms with Crippen molar-refractivity contribution in [2.24, 2.45) is 0 Å². The van der Waals surface area contributed by atoms with E-state index in [4.69, 9.17) is 18.9 Å². The minimum absolute atomic E-state index is 0.0204. The molecule has 0 saturated carbocycles. The number of hydrogen-bond donors (Lipinski definition) is 2. The van der Waals surface area contributed by atoms with Crippen LogP contribution < -0.4 is 19.5 Å². The molecule has 8 nitrogen and oxygen atoms in total. The van der Waals surface area contributed by atoms with Crippen LogP contribution in [0.15, 0.2) is 60.7 Å². The first-order valence-corrected chi connectivity index (χ1v) is 10.9. The second-order valence-corrected chi connectivity index (χ2v) is 8.10. The van der Waals surface area contributed by atoms with Crippen molar-refractivity contribution in [1.29, 1.82) is 0 Å². The van der Waals surface area contributed by atoms with Gasteiger partial charge in [0.1, 0.15) is 12.6 Å². The number of aliphatic carboxylic acids is 1. The van der Waals surface area contributed by atoms with E-state index in [1.165, 1.54) is 7.11 Å². The topological polar surface area (TPSA) is 103 Å². The van der Waals surface area contributed by atoms with Crippen LogP contribution in [0, 0.1) is 0 Å². The Kier molecular flexibility index (Phi) is 5.71. The minimum Gasteiger partial charge on any atom is -0.493 e. The second kappa shape index (κ2) is 8.97. The van der Waals surface area contributed by atoms with Crippen LogP contribution in [0.2, 0.25) is 0 Å². The van der Waals surface area contributed by atoms with E-state index >= 15 is 0 Å². The predicted molar refractivity (Wildman–Crippen MR) is 122 cm³/mol. The summed E-state index contributed by atoms with van der Waals surface area (Å²) in [6.45, 7) is 0.166. The summed E-state index contributed by atoms with van der Waals surface area (Å²) in [4.78, 5) is 24.4. The van der Waals surface area contributed by atoms with Crippen molar-refractivity contribution in [2.45, 2.75) is 18.4 Å². The molecule has 2 N–H and O–H groups in total. The molecule has 5 rings (SSSR count). The van der Waals surface area contributed by atoms with E-state index in [9.17, 15) is 14.7 Å². The van der Waals surface area contributed by atoms with Gasteiger partial charge in [-0.25, -0.2) is 9.59 Å². The minimum atomic E-state index is -1.19. The van der Waals surface area contributed by atoms with E-state index < -0.39 is 18.1 Å². The third kappa shape index (κ3) is 3.98. The lowest BCUT2D eigenvalue weighted by atomic mass is 9.98. The Morgan fingerprint density at radius 1 is 1.06 bits per heavy atom. The molecule has 0 saturated heterocycles. The fourth-order valence-electron chi connectivity index (χ4n) is 4.52. The summed E-state index contributed by atoms with van der Waals surface area (Å²) in [6.07, 6.45) is -0.769. The van der Waals surface area contributed by atoms with Crippen molar-refractivity contribution < 1.29 is 33.6 Å². The van der Waals surface area contributed by atoms with E-state index in [1.807, 2.05) is 48.5 Å². The molecule has 0 bridgehead atoms. The number of carboxylic acids is 1. The number of rotatable bonds is 7. The van der Waals surface area contributed by atoms with Crippen LogP contribution >= 0.6 is 0 Å². The Morgan fingerprint density at radius 2 is 1.74 bits per heavy atom. The third-order valence-corrected chi connectivity index (χ3v) is 6.09. The van der Waals surface area contributed by atoms with Gasteiger partial charge in [0.2, 0.25) is 12.5 Å². The lowest BCUT2D eigenvalue weighted by molar-refractivity contribution is -0.139. The van der Waals surface area contributed by atoms with Crippen molar-refractivity contribution in [3.8, 4) is 28.4 Å². The molecule has 8 heteroatoms. The zero-order valence-electron chi connectivity index (χ0n) is 18.4. The molecule has 1 heterocycles. The number of hydrogen-bond acceptors (Lipinski definition) is 6. The first-order chi connectivity index (χ1) is 16.5. The van der Waals surface area contributed by atoms with E-state index in [-0.39, 0.29) is 25.7 Å². The average molecular weight is 461 g/mol. The molecule has 3 aromatic rings. The molecule has 1 atom stereocenters. The van der Waals surface area contributed by atoms with Crippen LogP contribution in [0.4, 0.5) is 4.79 Å². The van der Waals surface area contributed by atoms with Gasteiger partial charge < -0.3 is 29.4 Å². The molecule has 174 valence electrons. The number of nitrogens with one attached hydrogen (secondary N) is 1. The van der Waals surface area contributed by atoms with Gasteiger partial charge in [-0.3, -0.25) is 0 Å². The summed E-state index contributed by atoms with van der Waals surface area (Å²) >= 11 is 0. The molecule has 0 spiro atoms. The van der Waals surface area contributed by atoms with E-state index in [2.05, 4.69) is 5.32 Å². The fourth-order valence-corrected chi connectivity index (χ4v) is 4.52. The summed E-state index contributed by atoms with van der Waals surface area (Å²) in [6, 6.07) is 18.2. The molecular formula is C26H23NO7. The number of benzene rings is 3. The Balaban J connectivity index is 1.27. The molecule has 1 amide bonds. The van der Waals surface area contributed by atoms with E-state index in [0.29, 0.717) is 22.8 Å². The number of ether oxygens (including phenoxy) is 4. The highest BCUT2D eigenvalue weighted by molar-refractivity contribution is 5.81. The maximum Gasteiger partial charge on any atom is 0.407 e. The average Bonchev–Trinajstić information content (AvgIpc) is 3.44. The molecule has 1 unspecified atom stereocenters. The zero-order chi connectivity index (χ0) is 23.7. The molecule has 2 aliphatic rings. The first kappa shape index (κ1) is 21.6. The largest absolute Gasteiger partial charge is 0.493 e. The highest BCUT2D eigenvalue weighted by Gasteiger charge is 2.30. The van der Waals surface area contributed by atoms with Crippen LogP contribution in [0.5, 0.6) is 17.2 Å². The molecule has 0 aromatic heterocycles. The SMILES string of the molecule is COc1cc(CC(NC(=O)OCC2c3ccccc3-c3ccccc32)C(=O)O)cc2c1OCO2. The van der Waals surface area contributed by atoms with Crippen molar-refractivity contribution in [1.82, 2.24) is 5.32 Å². The van der Waals surface area contributed by atoms with Gasteiger partial charge in [0.05, 0.1) is 7.11 Å². The Bertz CT molecular complexity index is 1210. The van der Waals surface area contributed by atoms with Gasteiger partial charge in [-0.2, -0.15) is 0 Å². The third-order valence-electron chi connectivity index (χ3n) is 6.09. The highest BCUT2D eigenvalue weighted by atomic mass is 16.7. The smallest absolute Gasteiger partial charge is 0.407 e. The molecule has 1 aliphatic heterocycles. The maximum absolute atomic E-state index is 12.6. The molecule has 0 radical (unpaired) electrons. The molecule has 1 aliphatic carbocycles. The van der Waals surface area contributed by atoms with E-state index in [1.54, 1.807) is 12.1 Å². The molecule has 0 fully saturated rings. The summed E-state index contributed by atoms with van der Waals surface area (Å²) in [5.41, 5.74) is 5.02. The highest BCUT2D eigenvalue weighted by Crippen LogP contribution is 2.44. The van der Waals surface area contributed by atoms with Gasteiger partial charge in [0.25, 0.3) is 0 Å². The molecule has 34 heavy (non-hydrogen) atoms. The van der Waals surface area contributed by atoms with Crippen molar-refractivity contribution in [2.75, 3.05) is 20.5 Å². The summed E-state index contributed by atoms with van der Waals surface area (Å²) < 4.78 is 21.6. The number of methoxy groups -OCH3 is 1. The normalized spacial score (nSPS) is 14.1. The van der Waals surface area contributed by atoms with Crippen molar-refractivity contribution >= 4 is 12.1 Å². The number of carbonyl (C=O) groups excluding carboxylic acids is 1. The van der Waals surface area contributed by atoms with Gasteiger partial charge in [0, 0.05) is 12.3 Å². The molecular weight excluding hydrogens is 438 g/mol. The zero-order valence-corrected chi connectivity index (χ0v) is 18.4. The predicted octanol–water partition coefficient (Wildman–Crippen LogP) is 3.96. The standard InChI is InChI=1S/C26H23NO7/c1-31-22-11-15(12-23-24(22)34-14-33-23)10-21(25(28)29)27-26(30)32-13-20-18-8-4-2-6-16(18)17-7-3-5-9-19(17)20/h2-9,11-12,20-21H,10,13-14H2,1H3,(H,27,30)(H,28,29). The maximum atomic E-state index is 12.6. The number of amides is 1. The van der Waals surface area contributed by atoms with Gasteiger partial charge in [-0.15, -0.1) is 0 Å². The van der Waals surface area contributed by atoms with Crippen molar-refractivity contribution in [3.05, 3.63) is 77.4 Å². The van der Waals surface area contributed by atoms with Crippen LogP contribution in [-0.2, 0) is 16.0 Å². The Morgan fingerprint density at radius 3 is 2.38 bits per heavy atom. The monoisotopic (exact) mass is 461 g/mol. The fraction of sp³-hybridized carbons (Fsp3) is 0.231. The Hall–Kier alpha value is -4.20. The van der Waals surface area contributed by atoms with E-state index in [0.717, 1.165) is 22.3 Å². The summed E-state index contributed by atoms with van der Waals surface area (Å²) in [7, 11) is 1.49. The first-order valence-electron chi connectivity index (χ1n) is 10.9. The van der Waals surface area contributed by atoms with Gasteiger partial charge in [0.15, 0.2) is 11.5 Å². The molecule has 3 aromatic carbocycles. The lowest BCUT2D eigenvalue weighted by Gasteiger charge is -2.18. The number of alkyl carbamates (subject to hydrolysis) is 1. The van der Waals surface area contributed by atoms with Crippen molar-refractivity contribution in [3.63, 3.8) is 0 Å². The van der Waals surface area contributed by atoms with Gasteiger partial charge in [-0.05, 0) is 39.9 Å². The summed E-state index contributed by atoms with van der Waals surface area (Å²) in [5.74, 6) is 0.0993. The van der Waals surface area contributed by atoms with Crippen LogP contribution in [0.1, 0.15) is 22.6 Å².